The maximum atomic E-state index is 13.1. The molecule has 0 aliphatic heterocycles. The Morgan fingerprint density at radius 2 is 1.60 bits per heavy atom. The predicted molar refractivity (Wildman–Crippen MR) is 98.6 cm³/mol. The van der Waals surface area contributed by atoms with Crippen molar-refractivity contribution in [2.45, 2.75) is 6.92 Å². The van der Waals surface area contributed by atoms with Crippen molar-refractivity contribution in [2.24, 2.45) is 0 Å². The molecule has 0 radical (unpaired) electrons. The van der Waals surface area contributed by atoms with Crippen LogP contribution in [-0.4, -0.2) is 25.6 Å². The molecule has 6 heteroatoms. The van der Waals surface area contributed by atoms with Gasteiger partial charge in [-0.3, -0.25) is 9.36 Å². The Labute approximate surface area is 144 Å². The molecule has 25 heavy (non-hydrogen) atoms. The van der Waals surface area contributed by atoms with Crippen LogP contribution in [0.25, 0.3) is 22.5 Å². The van der Waals surface area contributed by atoms with Gasteiger partial charge in [0.15, 0.2) is 11.2 Å². The first kappa shape index (κ1) is 15.1. The van der Waals surface area contributed by atoms with Gasteiger partial charge in [-0.2, -0.15) is 4.98 Å². The van der Waals surface area contributed by atoms with Gasteiger partial charge in [0.05, 0.1) is 5.69 Å². The summed E-state index contributed by atoms with van der Waals surface area (Å²) in [6, 6.07) is 19.2. The molecule has 1 N–H and O–H groups in total. The maximum absolute atomic E-state index is 13.1. The summed E-state index contributed by atoms with van der Waals surface area (Å²) in [5, 5.41) is 3.19. The Morgan fingerprint density at radius 1 is 0.960 bits per heavy atom. The highest BCUT2D eigenvalue weighted by molar-refractivity contribution is 5.74. The summed E-state index contributed by atoms with van der Waals surface area (Å²) in [5.74, 6) is 0.504. The number of anilines is 1. The second-order valence-electron chi connectivity index (χ2n) is 5.56. The van der Waals surface area contributed by atoms with Crippen molar-refractivity contribution in [3.05, 3.63) is 77.3 Å². The van der Waals surface area contributed by atoms with Gasteiger partial charge in [-0.05, 0) is 31.2 Å². The lowest BCUT2D eigenvalue weighted by molar-refractivity contribution is 0.937. The quantitative estimate of drug-likeness (QED) is 0.624. The molecule has 0 bridgehead atoms. The van der Waals surface area contributed by atoms with Crippen LogP contribution < -0.4 is 10.9 Å². The summed E-state index contributed by atoms with van der Waals surface area (Å²) >= 11 is 0. The third kappa shape index (κ3) is 2.57. The van der Waals surface area contributed by atoms with Crippen molar-refractivity contribution >= 4 is 17.1 Å². The van der Waals surface area contributed by atoms with E-state index in [1.54, 1.807) is 10.9 Å². The minimum atomic E-state index is -0.193. The van der Waals surface area contributed by atoms with Crippen molar-refractivity contribution in [1.29, 1.82) is 0 Å². The minimum Gasteiger partial charge on any atom is -0.355 e. The SMILES string of the molecule is CCNc1nc2c(ncn2-c2ccccc2)c(=O)n1-c1ccccc1. The van der Waals surface area contributed by atoms with Gasteiger partial charge in [0, 0.05) is 12.2 Å². The third-order valence-corrected chi connectivity index (χ3v) is 3.96. The van der Waals surface area contributed by atoms with Crippen LogP contribution in [0.3, 0.4) is 0 Å². The highest BCUT2D eigenvalue weighted by atomic mass is 16.1. The Bertz CT molecular complexity index is 1070. The number of rotatable bonds is 4. The molecule has 2 aromatic heterocycles. The zero-order chi connectivity index (χ0) is 17.2. The van der Waals surface area contributed by atoms with Gasteiger partial charge in [0.1, 0.15) is 6.33 Å². The predicted octanol–water partition coefficient (Wildman–Crippen LogP) is 3.00. The van der Waals surface area contributed by atoms with Crippen molar-refractivity contribution in [1.82, 2.24) is 19.1 Å². The van der Waals surface area contributed by atoms with E-state index in [-0.39, 0.29) is 5.56 Å². The normalized spacial score (nSPS) is 10.9. The molecule has 0 aliphatic carbocycles. The molecule has 0 saturated carbocycles. The fourth-order valence-corrected chi connectivity index (χ4v) is 2.82. The van der Waals surface area contributed by atoms with E-state index in [2.05, 4.69) is 10.3 Å². The molecular weight excluding hydrogens is 314 g/mol. The van der Waals surface area contributed by atoms with E-state index in [9.17, 15) is 4.79 Å². The number of benzene rings is 2. The fraction of sp³-hybridized carbons (Fsp3) is 0.105. The topological polar surface area (TPSA) is 64.7 Å². The molecule has 2 heterocycles. The number of fused-ring (bicyclic) bond motifs is 1. The summed E-state index contributed by atoms with van der Waals surface area (Å²) < 4.78 is 3.39. The molecule has 6 nitrogen and oxygen atoms in total. The van der Waals surface area contributed by atoms with Crippen LogP contribution in [-0.2, 0) is 0 Å². The van der Waals surface area contributed by atoms with Gasteiger partial charge in [0.25, 0.3) is 5.56 Å². The highest BCUT2D eigenvalue weighted by Gasteiger charge is 2.16. The lowest BCUT2D eigenvalue weighted by Gasteiger charge is -2.13. The van der Waals surface area contributed by atoms with E-state index in [4.69, 9.17) is 4.98 Å². The Balaban J connectivity index is 2.01. The van der Waals surface area contributed by atoms with Gasteiger partial charge in [0.2, 0.25) is 5.95 Å². The van der Waals surface area contributed by atoms with Crippen LogP contribution in [0, 0.1) is 0 Å². The van der Waals surface area contributed by atoms with E-state index in [0.717, 1.165) is 11.4 Å². The monoisotopic (exact) mass is 331 g/mol. The molecule has 0 unspecified atom stereocenters. The molecule has 0 spiro atoms. The number of imidazole rings is 1. The summed E-state index contributed by atoms with van der Waals surface area (Å²) in [6.45, 7) is 2.63. The summed E-state index contributed by atoms with van der Waals surface area (Å²) in [5.41, 5.74) is 2.36. The number of hydrogen-bond acceptors (Lipinski definition) is 4. The average Bonchev–Trinajstić information content (AvgIpc) is 3.08. The first-order valence-corrected chi connectivity index (χ1v) is 8.14. The van der Waals surface area contributed by atoms with Crippen LogP contribution in [0.1, 0.15) is 6.92 Å². The lowest BCUT2D eigenvalue weighted by atomic mass is 10.3. The molecule has 0 atom stereocenters. The zero-order valence-corrected chi connectivity index (χ0v) is 13.8. The number of hydrogen-bond donors (Lipinski definition) is 1. The smallest absolute Gasteiger partial charge is 0.287 e. The third-order valence-electron chi connectivity index (χ3n) is 3.96. The maximum Gasteiger partial charge on any atom is 0.287 e. The molecule has 124 valence electrons. The summed E-state index contributed by atoms with van der Waals surface area (Å²) in [4.78, 5) is 22.1. The molecule has 4 aromatic rings. The number of aromatic nitrogens is 4. The Morgan fingerprint density at radius 3 is 2.24 bits per heavy atom. The molecular formula is C19H17N5O. The van der Waals surface area contributed by atoms with Crippen molar-refractivity contribution < 1.29 is 0 Å². The van der Waals surface area contributed by atoms with E-state index in [1.807, 2.05) is 72.2 Å². The van der Waals surface area contributed by atoms with Gasteiger partial charge < -0.3 is 5.32 Å². The van der Waals surface area contributed by atoms with E-state index in [1.165, 1.54) is 0 Å². The standard InChI is InChI=1S/C19H17N5O/c1-2-20-19-22-17-16(18(25)24(19)15-11-7-4-8-12-15)21-13-23(17)14-9-5-3-6-10-14/h3-13H,2H2,1H3,(H,20,22). The first-order valence-electron chi connectivity index (χ1n) is 8.14. The van der Waals surface area contributed by atoms with E-state index < -0.39 is 0 Å². The largest absolute Gasteiger partial charge is 0.355 e. The van der Waals surface area contributed by atoms with Crippen LogP contribution in [0.5, 0.6) is 0 Å². The van der Waals surface area contributed by atoms with E-state index >= 15 is 0 Å². The number of para-hydroxylation sites is 2. The minimum absolute atomic E-state index is 0.193. The van der Waals surface area contributed by atoms with Crippen LogP contribution in [0.2, 0.25) is 0 Å². The number of nitrogens with one attached hydrogen (secondary N) is 1. The molecule has 4 rings (SSSR count). The lowest BCUT2D eigenvalue weighted by Crippen LogP contribution is -2.24. The second-order valence-corrected chi connectivity index (χ2v) is 5.56. The Kier molecular flexibility index (Phi) is 3.78. The van der Waals surface area contributed by atoms with Crippen LogP contribution in [0.4, 0.5) is 5.95 Å². The van der Waals surface area contributed by atoms with E-state index in [0.29, 0.717) is 23.7 Å². The highest BCUT2D eigenvalue weighted by Crippen LogP contribution is 2.18. The van der Waals surface area contributed by atoms with Crippen LogP contribution in [0.15, 0.2) is 71.8 Å². The number of nitrogens with zero attached hydrogens (tertiary/aromatic N) is 4. The molecule has 0 saturated heterocycles. The van der Waals surface area contributed by atoms with Gasteiger partial charge in [-0.25, -0.2) is 9.55 Å². The van der Waals surface area contributed by atoms with Crippen molar-refractivity contribution in [2.75, 3.05) is 11.9 Å². The van der Waals surface area contributed by atoms with Gasteiger partial charge in [-0.1, -0.05) is 36.4 Å². The van der Waals surface area contributed by atoms with Crippen molar-refractivity contribution in [3.8, 4) is 11.4 Å². The average molecular weight is 331 g/mol. The zero-order valence-electron chi connectivity index (χ0n) is 13.8. The molecule has 0 amide bonds. The van der Waals surface area contributed by atoms with Gasteiger partial charge in [-0.15, -0.1) is 0 Å². The Hall–Kier alpha value is -3.41. The summed E-state index contributed by atoms with van der Waals surface area (Å²) in [6.07, 6.45) is 1.64. The fourth-order valence-electron chi connectivity index (χ4n) is 2.82. The molecule has 0 aliphatic rings. The molecule has 2 aromatic carbocycles. The van der Waals surface area contributed by atoms with Crippen molar-refractivity contribution in [3.63, 3.8) is 0 Å². The first-order chi connectivity index (χ1) is 12.3. The van der Waals surface area contributed by atoms with Crippen LogP contribution >= 0.6 is 0 Å². The summed E-state index contributed by atoms with van der Waals surface area (Å²) in [7, 11) is 0. The second kappa shape index (κ2) is 6.24. The van der Waals surface area contributed by atoms with Gasteiger partial charge >= 0.3 is 0 Å². The molecule has 0 fully saturated rings.